The number of halogens is 2. The van der Waals surface area contributed by atoms with Gasteiger partial charge in [-0.1, -0.05) is 47.5 Å². The monoisotopic (exact) mass is 359 g/mol. The summed E-state index contributed by atoms with van der Waals surface area (Å²) in [5, 5.41) is 15.5. The third-order valence-corrected chi connectivity index (χ3v) is 3.88. The van der Waals surface area contributed by atoms with Crippen molar-refractivity contribution >= 4 is 40.7 Å². The molecule has 2 N–H and O–H groups in total. The highest BCUT2D eigenvalue weighted by Crippen LogP contribution is 2.21. The van der Waals surface area contributed by atoms with Crippen molar-refractivity contribution in [2.45, 2.75) is 6.42 Å². The third-order valence-electron chi connectivity index (χ3n) is 3.30. The second-order valence-electron chi connectivity index (χ2n) is 5.07. The van der Waals surface area contributed by atoms with E-state index >= 15 is 0 Å². The van der Waals surface area contributed by atoms with Crippen LogP contribution in [0.25, 0.3) is 0 Å². The first-order valence-corrected chi connectivity index (χ1v) is 8.16. The van der Waals surface area contributed by atoms with Crippen molar-refractivity contribution < 1.29 is 0 Å². The molecule has 3 aromatic rings. The molecule has 7 heteroatoms. The minimum absolute atomic E-state index is 0.459. The summed E-state index contributed by atoms with van der Waals surface area (Å²) >= 11 is 12.1. The fraction of sp³-hybridized carbons (Fsp3) is 0.118. The van der Waals surface area contributed by atoms with Gasteiger partial charge in [-0.2, -0.15) is 10.1 Å². The average molecular weight is 360 g/mol. The molecule has 0 bridgehead atoms. The first-order valence-electron chi connectivity index (χ1n) is 7.40. The number of para-hydroxylation sites is 1. The van der Waals surface area contributed by atoms with Gasteiger partial charge in [-0.25, -0.2) is 0 Å². The Morgan fingerprint density at radius 2 is 1.83 bits per heavy atom. The number of hydrogen-bond acceptors (Lipinski definition) is 5. The number of aromatic nitrogens is 3. The highest BCUT2D eigenvalue weighted by Gasteiger charge is 2.04. The van der Waals surface area contributed by atoms with E-state index in [-0.39, 0.29) is 0 Å². The second kappa shape index (κ2) is 7.95. The summed E-state index contributed by atoms with van der Waals surface area (Å²) in [6.07, 6.45) is 2.31. The first-order chi connectivity index (χ1) is 11.7. The maximum Gasteiger partial charge on any atom is 0.244 e. The second-order valence-corrected chi connectivity index (χ2v) is 5.91. The standard InChI is InChI=1S/C17H15Cl2N5/c18-13-7-6-12(15(19)10-13)8-9-20-17-23-16(11-21-24-17)22-14-4-2-1-3-5-14/h1-7,10-11H,8-9H2,(H2,20,22,23,24). The Morgan fingerprint density at radius 1 is 1.00 bits per heavy atom. The van der Waals surface area contributed by atoms with Crippen LogP contribution >= 0.6 is 23.2 Å². The Bertz CT molecular complexity index is 811. The van der Waals surface area contributed by atoms with E-state index in [9.17, 15) is 0 Å². The van der Waals surface area contributed by atoms with Crippen LogP contribution in [0.1, 0.15) is 5.56 Å². The molecule has 0 unspecified atom stereocenters. The summed E-state index contributed by atoms with van der Waals surface area (Å²) in [5.74, 6) is 1.09. The molecule has 1 aromatic heterocycles. The first kappa shape index (κ1) is 16.5. The molecule has 0 atom stereocenters. The molecule has 0 radical (unpaired) electrons. The molecule has 0 saturated carbocycles. The fourth-order valence-electron chi connectivity index (χ4n) is 2.14. The van der Waals surface area contributed by atoms with Crippen molar-refractivity contribution in [3.63, 3.8) is 0 Å². The zero-order valence-electron chi connectivity index (χ0n) is 12.7. The van der Waals surface area contributed by atoms with Gasteiger partial charge < -0.3 is 10.6 Å². The fourth-order valence-corrected chi connectivity index (χ4v) is 2.64. The molecule has 0 aliphatic rings. The lowest BCUT2D eigenvalue weighted by Gasteiger charge is -2.08. The van der Waals surface area contributed by atoms with Gasteiger partial charge in [0.25, 0.3) is 0 Å². The Hall–Kier alpha value is -2.37. The van der Waals surface area contributed by atoms with Crippen LogP contribution in [-0.4, -0.2) is 21.7 Å². The summed E-state index contributed by atoms with van der Waals surface area (Å²) in [6, 6.07) is 15.2. The Labute approximate surface area is 150 Å². The van der Waals surface area contributed by atoms with Crippen molar-refractivity contribution in [2.75, 3.05) is 17.2 Å². The largest absolute Gasteiger partial charge is 0.353 e. The van der Waals surface area contributed by atoms with Crippen molar-refractivity contribution in [3.05, 3.63) is 70.3 Å². The van der Waals surface area contributed by atoms with Crippen LogP contribution in [0.3, 0.4) is 0 Å². The molecule has 0 aliphatic carbocycles. The van der Waals surface area contributed by atoms with Crippen LogP contribution < -0.4 is 10.6 Å². The minimum Gasteiger partial charge on any atom is -0.353 e. The van der Waals surface area contributed by atoms with Gasteiger partial charge in [0.15, 0.2) is 5.82 Å². The number of rotatable bonds is 6. The summed E-state index contributed by atoms with van der Waals surface area (Å²) in [7, 11) is 0. The molecule has 122 valence electrons. The zero-order valence-corrected chi connectivity index (χ0v) is 14.2. The Kier molecular flexibility index (Phi) is 5.46. The van der Waals surface area contributed by atoms with E-state index in [1.54, 1.807) is 12.3 Å². The predicted octanol–water partition coefficient (Wildman–Crippen LogP) is 4.58. The van der Waals surface area contributed by atoms with E-state index in [0.29, 0.717) is 28.4 Å². The topological polar surface area (TPSA) is 62.7 Å². The molecule has 0 spiro atoms. The molecule has 0 amide bonds. The van der Waals surface area contributed by atoms with E-state index in [1.807, 2.05) is 42.5 Å². The van der Waals surface area contributed by atoms with Gasteiger partial charge in [-0.05, 0) is 36.2 Å². The van der Waals surface area contributed by atoms with E-state index in [1.165, 1.54) is 0 Å². The molecular formula is C17H15Cl2N5. The van der Waals surface area contributed by atoms with Crippen LogP contribution in [0.2, 0.25) is 10.0 Å². The smallest absolute Gasteiger partial charge is 0.244 e. The lowest BCUT2D eigenvalue weighted by Crippen LogP contribution is -2.10. The van der Waals surface area contributed by atoms with Gasteiger partial charge in [0.2, 0.25) is 5.95 Å². The number of hydrogen-bond donors (Lipinski definition) is 2. The summed E-state index contributed by atoms with van der Waals surface area (Å²) in [6.45, 7) is 0.637. The SMILES string of the molecule is Clc1ccc(CCNc2nncc(Nc3ccccc3)n2)c(Cl)c1. The molecule has 3 rings (SSSR count). The van der Waals surface area contributed by atoms with E-state index < -0.39 is 0 Å². The van der Waals surface area contributed by atoms with Crippen LogP contribution in [-0.2, 0) is 6.42 Å². The summed E-state index contributed by atoms with van der Waals surface area (Å²) in [5.41, 5.74) is 1.96. The molecular weight excluding hydrogens is 345 g/mol. The highest BCUT2D eigenvalue weighted by molar-refractivity contribution is 6.35. The van der Waals surface area contributed by atoms with Crippen molar-refractivity contribution in [2.24, 2.45) is 0 Å². The average Bonchev–Trinajstić information content (AvgIpc) is 2.58. The lowest BCUT2D eigenvalue weighted by molar-refractivity contribution is 0.929. The van der Waals surface area contributed by atoms with Crippen LogP contribution in [0.4, 0.5) is 17.5 Å². The van der Waals surface area contributed by atoms with E-state index in [2.05, 4.69) is 25.8 Å². The van der Waals surface area contributed by atoms with Gasteiger partial charge in [0.1, 0.15) is 0 Å². The molecule has 0 fully saturated rings. The summed E-state index contributed by atoms with van der Waals surface area (Å²) < 4.78 is 0. The van der Waals surface area contributed by atoms with Gasteiger partial charge >= 0.3 is 0 Å². The molecule has 5 nitrogen and oxygen atoms in total. The normalized spacial score (nSPS) is 10.4. The van der Waals surface area contributed by atoms with Crippen molar-refractivity contribution in [1.82, 2.24) is 15.2 Å². The molecule has 0 aliphatic heterocycles. The van der Waals surface area contributed by atoms with Gasteiger partial charge in [-0.3, -0.25) is 0 Å². The van der Waals surface area contributed by atoms with Crippen molar-refractivity contribution in [3.8, 4) is 0 Å². The van der Waals surface area contributed by atoms with Crippen LogP contribution in [0.15, 0.2) is 54.7 Å². The van der Waals surface area contributed by atoms with Gasteiger partial charge in [0, 0.05) is 22.3 Å². The van der Waals surface area contributed by atoms with Crippen LogP contribution in [0.5, 0.6) is 0 Å². The molecule has 1 heterocycles. The number of nitrogens with zero attached hydrogens (tertiary/aromatic N) is 3. The Morgan fingerprint density at radius 3 is 2.62 bits per heavy atom. The molecule has 24 heavy (non-hydrogen) atoms. The van der Waals surface area contributed by atoms with E-state index in [4.69, 9.17) is 23.2 Å². The quantitative estimate of drug-likeness (QED) is 0.674. The maximum atomic E-state index is 6.16. The molecule has 0 saturated heterocycles. The predicted molar refractivity (Wildman–Crippen MR) is 98.2 cm³/mol. The minimum atomic E-state index is 0.459. The third kappa shape index (κ3) is 4.57. The lowest BCUT2D eigenvalue weighted by atomic mass is 10.1. The van der Waals surface area contributed by atoms with Gasteiger partial charge in [-0.15, -0.1) is 5.10 Å². The maximum absolute atomic E-state index is 6.16. The molecule has 2 aromatic carbocycles. The van der Waals surface area contributed by atoms with E-state index in [0.717, 1.165) is 17.7 Å². The number of nitrogens with one attached hydrogen (secondary N) is 2. The van der Waals surface area contributed by atoms with Gasteiger partial charge in [0.05, 0.1) is 6.20 Å². The highest BCUT2D eigenvalue weighted by atomic mass is 35.5. The number of benzene rings is 2. The van der Waals surface area contributed by atoms with Crippen LogP contribution in [0, 0.1) is 0 Å². The van der Waals surface area contributed by atoms with Crippen molar-refractivity contribution in [1.29, 1.82) is 0 Å². The summed E-state index contributed by atoms with van der Waals surface area (Å²) in [4.78, 5) is 4.39. The Balaban J connectivity index is 1.58. The number of anilines is 3. The zero-order chi connectivity index (χ0) is 16.8.